The minimum atomic E-state index is -0.937. The molecule has 0 aromatic carbocycles. The molecule has 1 rings (SSSR count). The highest BCUT2D eigenvalue weighted by molar-refractivity contribution is 5.05. The molecule has 2 heteroatoms. The van der Waals surface area contributed by atoms with Crippen LogP contribution in [0, 0.1) is 0 Å². The van der Waals surface area contributed by atoms with E-state index in [1.165, 1.54) is 0 Å². The molecule has 0 spiro atoms. The van der Waals surface area contributed by atoms with Gasteiger partial charge in [-0.15, -0.1) is 0 Å². The Balaban J connectivity index is 2.64. The molecule has 2 atom stereocenters. The zero-order valence-corrected chi connectivity index (χ0v) is 6.95. The fraction of sp³-hybridized carbons (Fsp3) is 0.778. The van der Waals surface area contributed by atoms with E-state index < -0.39 is 11.7 Å². The lowest BCUT2D eigenvalue weighted by Gasteiger charge is -2.34. The van der Waals surface area contributed by atoms with Gasteiger partial charge in [-0.3, -0.25) is 0 Å². The van der Waals surface area contributed by atoms with Crippen molar-refractivity contribution in [1.82, 2.24) is 0 Å². The molecule has 11 heavy (non-hydrogen) atoms. The highest BCUT2D eigenvalue weighted by atomic mass is 16.3. The number of hydrogen-bond acceptors (Lipinski definition) is 2. The molecule has 2 nitrogen and oxygen atoms in total. The van der Waals surface area contributed by atoms with E-state index in [1.807, 2.05) is 6.92 Å². The lowest BCUT2D eigenvalue weighted by molar-refractivity contribution is -0.0654. The summed E-state index contributed by atoms with van der Waals surface area (Å²) in [6.07, 6.45) is 6.40. The van der Waals surface area contributed by atoms with Crippen molar-refractivity contribution in [3.05, 3.63) is 12.2 Å². The fourth-order valence-corrected chi connectivity index (χ4v) is 1.65. The molecule has 0 unspecified atom stereocenters. The second kappa shape index (κ2) is 3.37. The van der Waals surface area contributed by atoms with Gasteiger partial charge in [0.1, 0.15) is 5.60 Å². The van der Waals surface area contributed by atoms with Crippen LogP contribution in [0.2, 0.25) is 0 Å². The average molecular weight is 156 g/mol. The van der Waals surface area contributed by atoms with Gasteiger partial charge in [0.2, 0.25) is 0 Å². The molecule has 0 saturated heterocycles. The zero-order chi connectivity index (χ0) is 8.32. The molecule has 0 heterocycles. The number of aliphatic hydroxyl groups is 2. The summed E-state index contributed by atoms with van der Waals surface area (Å²) >= 11 is 0. The Hall–Kier alpha value is -0.340. The van der Waals surface area contributed by atoms with E-state index in [1.54, 1.807) is 12.2 Å². The second-order valence-electron chi connectivity index (χ2n) is 3.25. The van der Waals surface area contributed by atoms with E-state index in [9.17, 15) is 10.2 Å². The van der Waals surface area contributed by atoms with Gasteiger partial charge in [0, 0.05) is 0 Å². The molecule has 1 aliphatic carbocycles. The van der Waals surface area contributed by atoms with Gasteiger partial charge in [-0.25, -0.2) is 0 Å². The van der Waals surface area contributed by atoms with Crippen LogP contribution in [0.5, 0.6) is 0 Å². The predicted octanol–water partition coefficient (Wildman–Crippen LogP) is 1.23. The van der Waals surface area contributed by atoms with E-state index in [0.29, 0.717) is 6.42 Å². The molecule has 0 amide bonds. The molecule has 2 N–H and O–H groups in total. The first-order valence-corrected chi connectivity index (χ1v) is 4.23. The van der Waals surface area contributed by atoms with Crippen LogP contribution in [-0.2, 0) is 0 Å². The Labute approximate surface area is 67.6 Å². The first-order chi connectivity index (χ1) is 5.19. The lowest BCUT2D eigenvalue weighted by Crippen LogP contribution is -2.42. The number of hydrogen-bond donors (Lipinski definition) is 2. The minimum absolute atomic E-state index is 0.563. The summed E-state index contributed by atoms with van der Waals surface area (Å²) in [5.74, 6) is 0. The van der Waals surface area contributed by atoms with E-state index in [2.05, 4.69) is 0 Å². The Morgan fingerprint density at radius 2 is 2.18 bits per heavy atom. The molecular weight excluding hydrogens is 140 g/mol. The van der Waals surface area contributed by atoms with Crippen molar-refractivity contribution < 1.29 is 10.2 Å². The molecule has 1 aliphatic rings. The van der Waals surface area contributed by atoms with Crippen LogP contribution in [0.25, 0.3) is 0 Å². The highest BCUT2D eigenvalue weighted by Gasteiger charge is 2.34. The molecule has 0 radical (unpaired) electrons. The van der Waals surface area contributed by atoms with Crippen molar-refractivity contribution >= 4 is 0 Å². The van der Waals surface area contributed by atoms with Gasteiger partial charge in [0.15, 0.2) is 0 Å². The summed E-state index contributed by atoms with van der Waals surface area (Å²) in [5.41, 5.74) is -0.937. The Morgan fingerprint density at radius 3 is 2.73 bits per heavy atom. The van der Waals surface area contributed by atoms with Gasteiger partial charge < -0.3 is 10.2 Å². The van der Waals surface area contributed by atoms with Crippen LogP contribution in [0.3, 0.4) is 0 Å². The van der Waals surface area contributed by atoms with Crippen LogP contribution in [-0.4, -0.2) is 21.9 Å². The number of allylic oxidation sites excluding steroid dienone is 1. The summed E-state index contributed by atoms with van der Waals surface area (Å²) in [5, 5.41) is 19.3. The largest absolute Gasteiger partial charge is 0.390 e. The Morgan fingerprint density at radius 1 is 1.45 bits per heavy atom. The van der Waals surface area contributed by atoms with Crippen LogP contribution >= 0.6 is 0 Å². The average Bonchev–Trinajstić information content (AvgIpc) is 1.96. The first kappa shape index (κ1) is 8.75. The summed E-state index contributed by atoms with van der Waals surface area (Å²) in [6.45, 7) is 1.86. The van der Waals surface area contributed by atoms with Gasteiger partial charge in [-0.05, 0) is 19.8 Å². The van der Waals surface area contributed by atoms with Crippen molar-refractivity contribution in [1.29, 1.82) is 0 Å². The summed E-state index contributed by atoms with van der Waals surface area (Å²) in [7, 11) is 0. The summed E-state index contributed by atoms with van der Waals surface area (Å²) < 4.78 is 0. The number of rotatable bonds is 1. The molecule has 64 valence electrons. The first-order valence-electron chi connectivity index (χ1n) is 4.23. The maximum Gasteiger partial charge on any atom is 0.108 e. The van der Waals surface area contributed by atoms with Gasteiger partial charge in [0.05, 0.1) is 6.10 Å². The highest BCUT2D eigenvalue weighted by Crippen LogP contribution is 2.29. The molecule has 1 saturated carbocycles. The quantitative estimate of drug-likeness (QED) is 0.560. The normalized spacial score (nSPS) is 39.7. The third-order valence-electron chi connectivity index (χ3n) is 2.34. The monoisotopic (exact) mass is 156 g/mol. The standard InChI is InChI=1S/C9H16O2/c1-2-6-9(11)7-4-3-5-8(9)10/h2,6,8,10-11H,3-5,7H2,1H3/b6-2+/t8-,9+/m1/s1. The molecule has 0 bridgehead atoms. The number of aliphatic hydroxyl groups excluding tert-OH is 1. The van der Waals surface area contributed by atoms with Crippen molar-refractivity contribution in [3.8, 4) is 0 Å². The van der Waals surface area contributed by atoms with Gasteiger partial charge in [0.25, 0.3) is 0 Å². The molecule has 0 aromatic rings. The summed E-state index contributed by atoms with van der Waals surface area (Å²) in [4.78, 5) is 0. The van der Waals surface area contributed by atoms with Crippen LogP contribution < -0.4 is 0 Å². The predicted molar refractivity (Wildman–Crippen MR) is 44.2 cm³/mol. The van der Waals surface area contributed by atoms with Gasteiger partial charge in [-0.2, -0.15) is 0 Å². The molecular formula is C9H16O2. The van der Waals surface area contributed by atoms with Crippen molar-refractivity contribution in [2.24, 2.45) is 0 Å². The fourth-order valence-electron chi connectivity index (χ4n) is 1.65. The second-order valence-corrected chi connectivity index (χ2v) is 3.25. The van der Waals surface area contributed by atoms with Gasteiger partial charge in [-0.1, -0.05) is 25.0 Å². The molecule has 0 aromatic heterocycles. The van der Waals surface area contributed by atoms with Crippen molar-refractivity contribution in [3.63, 3.8) is 0 Å². The van der Waals surface area contributed by atoms with Crippen LogP contribution in [0.15, 0.2) is 12.2 Å². The van der Waals surface area contributed by atoms with E-state index in [0.717, 1.165) is 19.3 Å². The maximum absolute atomic E-state index is 9.80. The smallest absolute Gasteiger partial charge is 0.108 e. The Kier molecular flexibility index (Phi) is 2.68. The summed E-state index contributed by atoms with van der Waals surface area (Å²) in [6, 6.07) is 0. The SMILES string of the molecule is C/C=C/[C@]1(O)CCCC[C@H]1O. The Bertz CT molecular complexity index is 154. The lowest BCUT2D eigenvalue weighted by atomic mass is 9.82. The minimum Gasteiger partial charge on any atom is -0.390 e. The molecule has 1 fully saturated rings. The molecule has 0 aliphatic heterocycles. The van der Waals surface area contributed by atoms with E-state index in [4.69, 9.17) is 0 Å². The van der Waals surface area contributed by atoms with Gasteiger partial charge >= 0.3 is 0 Å². The van der Waals surface area contributed by atoms with Crippen molar-refractivity contribution in [2.45, 2.75) is 44.3 Å². The van der Waals surface area contributed by atoms with Crippen LogP contribution in [0.4, 0.5) is 0 Å². The van der Waals surface area contributed by atoms with Crippen molar-refractivity contribution in [2.75, 3.05) is 0 Å². The van der Waals surface area contributed by atoms with E-state index in [-0.39, 0.29) is 0 Å². The maximum atomic E-state index is 9.80. The van der Waals surface area contributed by atoms with Crippen LogP contribution in [0.1, 0.15) is 32.6 Å². The third-order valence-corrected chi connectivity index (χ3v) is 2.34. The zero-order valence-electron chi connectivity index (χ0n) is 6.95. The topological polar surface area (TPSA) is 40.5 Å². The third kappa shape index (κ3) is 1.82. The van der Waals surface area contributed by atoms with E-state index >= 15 is 0 Å².